The molecule has 2 rings (SSSR count). The second-order valence-electron chi connectivity index (χ2n) is 5.83. The minimum Gasteiger partial charge on any atom is -0.497 e. The summed E-state index contributed by atoms with van der Waals surface area (Å²) < 4.78 is 45.0. The first-order valence-corrected chi connectivity index (χ1v) is 10.2. The molecule has 1 fully saturated rings. The van der Waals surface area contributed by atoms with Gasteiger partial charge in [-0.25, -0.2) is 4.28 Å². The molecule has 1 aliphatic heterocycles. The minimum atomic E-state index is -4.87. The number of ether oxygens (including phenoxy) is 2. The van der Waals surface area contributed by atoms with Crippen LogP contribution in [0.15, 0.2) is 29.4 Å². The molecule has 1 aromatic rings. The summed E-state index contributed by atoms with van der Waals surface area (Å²) in [5, 5.41) is 42.4. The Kier molecular flexibility index (Phi) is 11.5. The van der Waals surface area contributed by atoms with Crippen molar-refractivity contribution in [1.82, 2.24) is 0 Å². The van der Waals surface area contributed by atoms with Crippen LogP contribution in [0.4, 0.5) is 0 Å². The third-order valence-electron chi connectivity index (χ3n) is 3.82. The fourth-order valence-electron chi connectivity index (χ4n) is 2.44. The SMILES string of the molecule is COc1cccc(CC(=NOS(=O)(=O)O)S[C@@H]2O[C@H](CO)[C@@H](O)[C@H](O)[C@H]2O)c1.[K]. The number of oxime groups is 1. The van der Waals surface area contributed by atoms with E-state index in [1.165, 1.54) is 7.11 Å². The van der Waals surface area contributed by atoms with Crippen molar-refractivity contribution in [2.45, 2.75) is 36.3 Å². The second-order valence-corrected chi connectivity index (χ2v) is 8.01. The maximum Gasteiger partial charge on any atom is 0.466 e. The molecule has 1 radical (unpaired) electrons. The maximum atomic E-state index is 10.8. The van der Waals surface area contributed by atoms with E-state index >= 15 is 0 Å². The van der Waals surface area contributed by atoms with E-state index in [1.807, 2.05) is 0 Å². The maximum absolute atomic E-state index is 10.8. The van der Waals surface area contributed by atoms with E-state index in [1.54, 1.807) is 24.3 Å². The van der Waals surface area contributed by atoms with Crippen LogP contribution in [0, 0.1) is 0 Å². The molecule has 0 saturated carbocycles. The van der Waals surface area contributed by atoms with Crippen molar-refractivity contribution in [2.75, 3.05) is 13.7 Å². The molecule has 0 amide bonds. The minimum absolute atomic E-state index is 0. The van der Waals surface area contributed by atoms with E-state index in [4.69, 9.17) is 14.0 Å². The van der Waals surface area contributed by atoms with Crippen molar-refractivity contribution < 1.29 is 47.2 Å². The Morgan fingerprint density at radius 1 is 1.24 bits per heavy atom. The molecule has 0 spiro atoms. The van der Waals surface area contributed by atoms with Crippen molar-refractivity contribution >= 4 is 78.6 Å². The molecule has 14 heteroatoms. The molecule has 0 aromatic heterocycles. The Morgan fingerprint density at radius 2 is 1.93 bits per heavy atom. The number of rotatable bonds is 7. The summed E-state index contributed by atoms with van der Waals surface area (Å²) in [6, 6.07) is 6.73. The Bertz CT molecular complexity index is 791. The molecular formula is C15H21KNO10S2. The zero-order chi connectivity index (χ0) is 20.9. The van der Waals surface area contributed by atoms with Crippen LogP contribution in [0.2, 0.25) is 0 Å². The van der Waals surface area contributed by atoms with E-state index in [0.29, 0.717) is 23.1 Å². The van der Waals surface area contributed by atoms with E-state index in [-0.39, 0.29) is 62.8 Å². The van der Waals surface area contributed by atoms with E-state index < -0.39 is 46.9 Å². The summed E-state index contributed by atoms with van der Waals surface area (Å²) in [5.74, 6) is 0.533. The molecule has 0 unspecified atom stereocenters. The number of hydrogen-bond acceptors (Lipinski definition) is 11. The van der Waals surface area contributed by atoms with Crippen LogP contribution < -0.4 is 4.74 Å². The number of hydrogen-bond donors (Lipinski definition) is 5. The van der Waals surface area contributed by atoms with Gasteiger partial charge in [-0.3, -0.25) is 4.55 Å². The van der Waals surface area contributed by atoms with Gasteiger partial charge in [0.1, 0.15) is 40.6 Å². The summed E-state index contributed by atoms with van der Waals surface area (Å²) >= 11 is 0.702. The fraction of sp³-hybridized carbons (Fsp3) is 0.533. The zero-order valence-corrected chi connectivity index (χ0v) is 20.4. The molecule has 159 valence electrons. The van der Waals surface area contributed by atoms with E-state index in [2.05, 4.69) is 9.44 Å². The van der Waals surface area contributed by atoms with Gasteiger partial charge < -0.3 is 29.9 Å². The smallest absolute Gasteiger partial charge is 0.466 e. The molecule has 11 nitrogen and oxygen atoms in total. The largest absolute Gasteiger partial charge is 0.497 e. The van der Waals surface area contributed by atoms with E-state index in [0.717, 1.165) is 0 Å². The summed E-state index contributed by atoms with van der Waals surface area (Å²) in [4.78, 5) is 0. The molecule has 0 aliphatic carbocycles. The molecule has 1 aromatic carbocycles. The van der Waals surface area contributed by atoms with Gasteiger partial charge in [0.05, 0.1) is 13.7 Å². The topological polar surface area (TPSA) is 175 Å². The Morgan fingerprint density at radius 3 is 2.52 bits per heavy atom. The Labute approximate surface area is 214 Å². The van der Waals surface area contributed by atoms with Crippen LogP contribution in [0.1, 0.15) is 5.56 Å². The van der Waals surface area contributed by atoms with Crippen LogP contribution in [0.25, 0.3) is 0 Å². The zero-order valence-electron chi connectivity index (χ0n) is 15.7. The Balaban J connectivity index is 0.00000420. The second kappa shape index (κ2) is 12.3. The number of aliphatic hydroxyl groups is 4. The van der Waals surface area contributed by atoms with Gasteiger partial charge in [0.2, 0.25) is 0 Å². The number of methoxy groups -OCH3 is 1. The van der Waals surface area contributed by atoms with Crippen LogP contribution >= 0.6 is 11.8 Å². The summed E-state index contributed by atoms with van der Waals surface area (Å²) in [6.07, 6.45) is -5.85. The van der Waals surface area contributed by atoms with Crippen molar-refractivity contribution in [3.05, 3.63) is 29.8 Å². The third-order valence-corrected chi connectivity index (χ3v) is 5.20. The molecule has 1 aliphatic rings. The number of nitrogens with zero attached hydrogens (tertiary/aromatic N) is 1. The van der Waals surface area contributed by atoms with Gasteiger partial charge in [0.15, 0.2) is 0 Å². The first-order valence-electron chi connectivity index (χ1n) is 7.97. The van der Waals surface area contributed by atoms with Gasteiger partial charge in [0, 0.05) is 57.8 Å². The molecule has 1 heterocycles. The normalized spacial score (nSPS) is 27.8. The van der Waals surface area contributed by atoms with Crippen molar-refractivity contribution in [3.63, 3.8) is 0 Å². The van der Waals surface area contributed by atoms with Gasteiger partial charge in [0.25, 0.3) is 0 Å². The van der Waals surface area contributed by atoms with Crippen LogP contribution in [-0.2, 0) is 25.8 Å². The molecule has 29 heavy (non-hydrogen) atoms. The number of benzene rings is 1. The van der Waals surface area contributed by atoms with Crippen LogP contribution in [0.5, 0.6) is 5.75 Å². The van der Waals surface area contributed by atoms with Crippen LogP contribution in [0.3, 0.4) is 0 Å². The Hall–Kier alpha value is 0.186. The van der Waals surface area contributed by atoms with Crippen molar-refractivity contribution in [3.8, 4) is 5.75 Å². The molecule has 5 N–H and O–H groups in total. The van der Waals surface area contributed by atoms with Gasteiger partial charge in [-0.05, 0) is 17.7 Å². The summed E-state index contributed by atoms with van der Waals surface area (Å²) in [7, 11) is -3.40. The standard InChI is InChI=1S/C15H21NO10S2.K/c1-24-9-4-2-3-8(5-9)6-11(16-26-28(21,22)23)27-15-14(20)13(19)12(18)10(7-17)25-15;/h2-5,10,12-15,17-20H,6-7H2,1H3,(H,21,22,23);/t10-,12-,13+,14-,15+;/m1./s1. The van der Waals surface area contributed by atoms with Crippen molar-refractivity contribution in [1.29, 1.82) is 0 Å². The van der Waals surface area contributed by atoms with E-state index in [9.17, 15) is 28.8 Å². The molecular weight excluding hydrogens is 457 g/mol. The van der Waals surface area contributed by atoms with Gasteiger partial charge in [-0.2, -0.15) is 8.42 Å². The first kappa shape index (κ1) is 27.2. The van der Waals surface area contributed by atoms with Gasteiger partial charge in [-0.1, -0.05) is 29.1 Å². The fourth-order valence-corrected chi connectivity index (χ4v) is 3.77. The predicted molar refractivity (Wildman–Crippen MR) is 104 cm³/mol. The van der Waals surface area contributed by atoms with Gasteiger partial charge >= 0.3 is 10.4 Å². The van der Waals surface area contributed by atoms with Gasteiger partial charge in [-0.15, -0.1) is 0 Å². The average Bonchev–Trinajstić information content (AvgIpc) is 2.66. The molecule has 1 saturated heterocycles. The number of thioether (sulfide) groups is 1. The predicted octanol–water partition coefficient (Wildman–Crippen LogP) is -1.48. The first-order chi connectivity index (χ1) is 13.1. The van der Waals surface area contributed by atoms with Crippen molar-refractivity contribution in [2.24, 2.45) is 5.16 Å². The quantitative estimate of drug-likeness (QED) is 0.102. The summed E-state index contributed by atoms with van der Waals surface area (Å²) in [6.45, 7) is -0.619. The number of aliphatic hydroxyl groups excluding tert-OH is 4. The molecule has 5 atom stereocenters. The molecule has 0 bridgehead atoms. The third kappa shape index (κ3) is 8.32. The monoisotopic (exact) mass is 478 g/mol. The summed E-state index contributed by atoms with van der Waals surface area (Å²) in [5.41, 5.74) is -0.570. The van der Waals surface area contributed by atoms with Crippen LogP contribution in [-0.4, -0.2) is 133 Å². The average molecular weight is 479 g/mol.